The minimum atomic E-state index is 0.782. The molecule has 92 valence electrons. The van der Waals surface area contributed by atoms with Gasteiger partial charge in [-0.1, -0.05) is 6.07 Å². The lowest BCUT2D eigenvalue weighted by molar-refractivity contribution is 0.673. The van der Waals surface area contributed by atoms with Gasteiger partial charge >= 0.3 is 0 Å². The molecule has 2 aromatic rings. The van der Waals surface area contributed by atoms with Crippen molar-refractivity contribution in [1.29, 1.82) is 0 Å². The summed E-state index contributed by atoms with van der Waals surface area (Å²) in [6.45, 7) is 0. The Hall–Kier alpha value is -1.57. The SMILES string of the molecule is Nc1c2c(nc3ccc(C4CC4)cc13)CCCC2. The molecule has 2 N–H and O–H groups in total. The maximum absolute atomic E-state index is 6.39. The van der Waals surface area contributed by atoms with Gasteiger partial charge < -0.3 is 5.73 Å². The van der Waals surface area contributed by atoms with Gasteiger partial charge in [0.25, 0.3) is 0 Å². The van der Waals surface area contributed by atoms with Crippen molar-refractivity contribution < 1.29 is 0 Å². The molecule has 1 heterocycles. The molecule has 0 aliphatic heterocycles. The molecule has 1 fully saturated rings. The molecule has 2 aliphatic carbocycles. The molecule has 1 aromatic carbocycles. The van der Waals surface area contributed by atoms with Crippen LogP contribution in [0.2, 0.25) is 0 Å². The highest BCUT2D eigenvalue weighted by Crippen LogP contribution is 2.42. The average Bonchev–Trinajstić information content (AvgIpc) is 3.23. The van der Waals surface area contributed by atoms with Crippen LogP contribution in [0.25, 0.3) is 10.9 Å². The number of anilines is 1. The first kappa shape index (κ1) is 10.4. The van der Waals surface area contributed by atoms with Crippen LogP contribution in [0.15, 0.2) is 18.2 Å². The van der Waals surface area contributed by atoms with Gasteiger partial charge in [0.15, 0.2) is 0 Å². The second-order valence-corrected chi connectivity index (χ2v) is 5.71. The number of aryl methyl sites for hydroxylation is 1. The molecule has 4 rings (SSSR count). The number of hydrogen-bond acceptors (Lipinski definition) is 2. The van der Waals surface area contributed by atoms with E-state index in [2.05, 4.69) is 18.2 Å². The summed E-state index contributed by atoms with van der Waals surface area (Å²) in [5.74, 6) is 0.782. The van der Waals surface area contributed by atoms with E-state index in [1.54, 1.807) is 0 Å². The van der Waals surface area contributed by atoms with Crippen LogP contribution >= 0.6 is 0 Å². The summed E-state index contributed by atoms with van der Waals surface area (Å²) in [6.07, 6.45) is 7.39. The topological polar surface area (TPSA) is 38.9 Å². The molecule has 0 spiro atoms. The Labute approximate surface area is 107 Å². The number of nitrogens with zero attached hydrogens (tertiary/aromatic N) is 1. The van der Waals surface area contributed by atoms with Gasteiger partial charge in [-0.2, -0.15) is 0 Å². The zero-order valence-corrected chi connectivity index (χ0v) is 10.6. The number of rotatable bonds is 1. The lowest BCUT2D eigenvalue weighted by atomic mass is 9.92. The van der Waals surface area contributed by atoms with E-state index in [9.17, 15) is 0 Å². The van der Waals surface area contributed by atoms with E-state index in [0.717, 1.165) is 30.0 Å². The second-order valence-electron chi connectivity index (χ2n) is 5.71. The molecule has 0 bridgehead atoms. The lowest BCUT2D eigenvalue weighted by Gasteiger charge is -2.18. The quantitative estimate of drug-likeness (QED) is 0.824. The minimum absolute atomic E-state index is 0.782. The number of aromatic nitrogens is 1. The minimum Gasteiger partial charge on any atom is -0.398 e. The fourth-order valence-corrected chi connectivity index (χ4v) is 3.15. The smallest absolute Gasteiger partial charge is 0.0726 e. The lowest BCUT2D eigenvalue weighted by Crippen LogP contribution is -2.09. The van der Waals surface area contributed by atoms with Gasteiger partial charge in [-0.25, -0.2) is 0 Å². The van der Waals surface area contributed by atoms with E-state index in [1.807, 2.05) is 0 Å². The Morgan fingerprint density at radius 3 is 2.78 bits per heavy atom. The largest absolute Gasteiger partial charge is 0.398 e. The van der Waals surface area contributed by atoms with Gasteiger partial charge in [-0.3, -0.25) is 4.98 Å². The number of nitrogen functional groups attached to an aromatic ring is 1. The summed E-state index contributed by atoms with van der Waals surface area (Å²) in [5, 5.41) is 1.18. The predicted molar refractivity (Wildman–Crippen MR) is 74.8 cm³/mol. The Morgan fingerprint density at radius 2 is 1.94 bits per heavy atom. The van der Waals surface area contributed by atoms with E-state index in [-0.39, 0.29) is 0 Å². The van der Waals surface area contributed by atoms with Crippen LogP contribution in [0.3, 0.4) is 0 Å². The molecule has 1 saturated carbocycles. The summed E-state index contributed by atoms with van der Waals surface area (Å²) in [5.41, 5.74) is 12.5. The Morgan fingerprint density at radius 1 is 1.11 bits per heavy atom. The molecule has 2 aliphatic rings. The fourth-order valence-electron chi connectivity index (χ4n) is 3.15. The van der Waals surface area contributed by atoms with E-state index in [0.29, 0.717) is 0 Å². The molecule has 0 atom stereocenters. The van der Waals surface area contributed by atoms with Crippen LogP contribution in [0.5, 0.6) is 0 Å². The van der Waals surface area contributed by atoms with Crippen molar-refractivity contribution in [2.75, 3.05) is 5.73 Å². The van der Waals surface area contributed by atoms with Crippen molar-refractivity contribution in [3.8, 4) is 0 Å². The van der Waals surface area contributed by atoms with Crippen LogP contribution in [0.1, 0.15) is 48.4 Å². The molecule has 0 amide bonds. The normalized spacial score (nSPS) is 18.9. The molecule has 2 nitrogen and oxygen atoms in total. The van der Waals surface area contributed by atoms with Gasteiger partial charge in [0.2, 0.25) is 0 Å². The zero-order valence-electron chi connectivity index (χ0n) is 10.6. The fraction of sp³-hybridized carbons (Fsp3) is 0.438. The van der Waals surface area contributed by atoms with Crippen molar-refractivity contribution in [3.63, 3.8) is 0 Å². The summed E-state index contributed by atoms with van der Waals surface area (Å²) in [6, 6.07) is 6.68. The van der Waals surface area contributed by atoms with Crippen LogP contribution in [-0.4, -0.2) is 4.98 Å². The van der Waals surface area contributed by atoms with Crippen molar-refractivity contribution in [3.05, 3.63) is 35.0 Å². The molecule has 1 aromatic heterocycles. The first-order valence-electron chi connectivity index (χ1n) is 7.04. The summed E-state index contributed by atoms with van der Waals surface area (Å²) in [7, 11) is 0. The monoisotopic (exact) mass is 238 g/mol. The van der Waals surface area contributed by atoms with Crippen LogP contribution < -0.4 is 5.73 Å². The van der Waals surface area contributed by atoms with Gasteiger partial charge in [0, 0.05) is 16.8 Å². The van der Waals surface area contributed by atoms with Crippen LogP contribution in [0.4, 0.5) is 5.69 Å². The third kappa shape index (κ3) is 1.52. The molecule has 0 saturated heterocycles. The molecule has 18 heavy (non-hydrogen) atoms. The van der Waals surface area contributed by atoms with Gasteiger partial charge in [-0.05, 0) is 67.7 Å². The van der Waals surface area contributed by atoms with Gasteiger partial charge in [0.05, 0.1) is 5.52 Å². The predicted octanol–water partition coefficient (Wildman–Crippen LogP) is 3.57. The third-order valence-corrected chi connectivity index (χ3v) is 4.38. The Kier molecular flexibility index (Phi) is 2.14. The number of fused-ring (bicyclic) bond motifs is 2. The first-order chi connectivity index (χ1) is 8.83. The molecular formula is C16H18N2. The zero-order chi connectivity index (χ0) is 12.1. The highest BCUT2D eigenvalue weighted by Gasteiger charge is 2.24. The van der Waals surface area contributed by atoms with E-state index in [4.69, 9.17) is 10.7 Å². The number of pyridine rings is 1. The maximum atomic E-state index is 6.39. The van der Waals surface area contributed by atoms with Crippen molar-refractivity contribution in [2.24, 2.45) is 0 Å². The second kappa shape index (κ2) is 3.71. The van der Waals surface area contributed by atoms with E-state index < -0.39 is 0 Å². The highest BCUT2D eigenvalue weighted by atomic mass is 14.7. The van der Waals surface area contributed by atoms with Gasteiger partial charge in [-0.15, -0.1) is 0 Å². The number of benzene rings is 1. The van der Waals surface area contributed by atoms with Gasteiger partial charge in [0.1, 0.15) is 0 Å². The highest BCUT2D eigenvalue weighted by molar-refractivity contribution is 5.93. The molecule has 0 radical (unpaired) electrons. The van der Waals surface area contributed by atoms with Crippen molar-refractivity contribution >= 4 is 16.6 Å². The molecular weight excluding hydrogens is 220 g/mol. The standard InChI is InChI=1S/C16H18N2/c17-16-12-3-1-2-4-14(12)18-15-8-7-11(9-13(15)16)10-5-6-10/h7-10H,1-6H2,(H2,17,18). The van der Waals surface area contributed by atoms with Crippen molar-refractivity contribution in [1.82, 2.24) is 4.98 Å². The summed E-state index contributed by atoms with van der Waals surface area (Å²) >= 11 is 0. The Bertz CT molecular complexity index is 627. The number of hydrogen-bond donors (Lipinski definition) is 1. The third-order valence-electron chi connectivity index (χ3n) is 4.38. The van der Waals surface area contributed by atoms with E-state index in [1.165, 1.54) is 47.9 Å². The van der Waals surface area contributed by atoms with Crippen LogP contribution in [-0.2, 0) is 12.8 Å². The average molecular weight is 238 g/mol. The number of nitrogens with two attached hydrogens (primary N) is 1. The van der Waals surface area contributed by atoms with Crippen molar-refractivity contribution in [2.45, 2.75) is 44.4 Å². The molecule has 0 unspecified atom stereocenters. The maximum Gasteiger partial charge on any atom is 0.0726 e. The van der Waals surface area contributed by atoms with E-state index >= 15 is 0 Å². The molecule has 2 heteroatoms. The Balaban J connectivity index is 1.96. The first-order valence-corrected chi connectivity index (χ1v) is 7.04. The summed E-state index contributed by atoms with van der Waals surface area (Å²) in [4.78, 5) is 4.82. The summed E-state index contributed by atoms with van der Waals surface area (Å²) < 4.78 is 0. The van der Waals surface area contributed by atoms with Crippen LogP contribution in [0, 0.1) is 0 Å².